The van der Waals surface area contributed by atoms with Crippen LogP contribution < -0.4 is 10.1 Å². The second-order valence-electron chi connectivity index (χ2n) is 4.05. The molecule has 1 aromatic heterocycles. The Morgan fingerprint density at radius 3 is 2.79 bits per heavy atom. The number of nitrogens with one attached hydrogen (secondary N) is 1. The van der Waals surface area contributed by atoms with E-state index in [1.54, 1.807) is 12.3 Å². The van der Waals surface area contributed by atoms with Crippen molar-refractivity contribution in [2.24, 2.45) is 0 Å². The number of benzene rings is 1. The molecular formula is C14H14ClFN2O. The van der Waals surface area contributed by atoms with Gasteiger partial charge in [0.2, 0.25) is 0 Å². The van der Waals surface area contributed by atoms with Crippen LogP contribution in [0.2, 0.25) is 5.02 Å². The van der Waals surface area contributed by atoms with Gasteiger partial charge in [-0.3, -0.25) is 4.98 Å². The second-order valence-corrected chi connectivity index (χ2v) is 4.46. The van der Waals surface area contributed by atoms with Gasteiger partial charge in [0.1, 0.15) is 18.2 Å². The Hall–Kier alpha value is -1.65. The predicted octanol–water partition coefficient (Wildman–Crippen LogP) is 3.17. The van der Waals surface area contributed by atoms with E-state index in [1.165, 1.54) is 12.1 Å². The molecule has 100 valence electrons. The van der Waals surface area contributed by atoms with Crippen molar-refractivity contribution >= 4 is 11.6 Å². The molecule has 0 spiro atoms. The lowest BCUT2D eigenvalue weighted by Gasteiger charge is -2.07. The highest BCUT2D eigenvalue weighted by atomic mass is 35.5. The fourth-order valence-electron chi connectivity index (χ4n) is 1.57. The van der Waals surface area contributed by atoms with Crippen molar-refractivity contribution in [1.82, 2.24) is 10.3 Å². The zero-order chi connectivity index (χ0) is 13.7. The molecule has 0 aliphatic carbocycles. The summed E-state index contributed by atoms with van der Waals surface area (Å²) in [5, 5.41) is 3.13. The molecule has 0 aliphatic heterocycles. The molecule has 1 aromatic carbocycles. The van der Waals surface area contributed by atoms with Gasteiger partial charge in [-0.25, -0.2) is 4.39 Å². The number of ether oxygens (including phenoxy) is 1. The van der Waals surface area contributed by atoms with Gasteiger partial charge in [0, 0.05) is 18.8 Å². The number of pyridine rings is 1. The molecule has 1 N–H and O–H groups in total. The van der Waals surface area contributed by atoms with E-state index in [1.807, 2.05) is 19.2 Å². The summed E-state index contributed by atoms with van der Waals surface area (Å²) >= 11 is 5.60. The maximum atomic E-state index is 13.2. The van der Waals surface area contributed by atoms with Crippen molar-refractivity contribution < 1.29 is 9.13 Å². The maximum Gasteiger partial charge on any atom is 0.145 e. The Bertz CT molecular complexity index is 546. The average Bonchev–Trinajstić information content (AvgIpc) is 2.42. The summed E-state index contributed by atoms with van der Waals surface area (Å²) < 4.78 is 18.7. The van der Waals surface area contributed by atoms with Crippen LogP contribution in [0.4, 0.5) is 4.39 Å². The number of aromatic nitrogens is 1. The van der Waals surface area contributed by atoms with Crippen molar-refractivity contribution in [3.8, 4) is 5.75 Å². The first-order chi connectivity index (χ1) is 9.19. The molecule has 2 aromatic rings. The van der Waals surface area contributed by atoms with Crippen molar-refractivity contribution in [3.05, 3.63) is 58.6 Å². The van der Waals surface area contributed by atoms with E-state index >= 15 is 0 Å². The lowest BCUT2D eigenvalue weighted by Crippen LogP contribution is -2.06. The minimum atomic E-state index is -0.489. The lowest BCUT2D eigenvalue weighted by molar-refractivity contribution is 0.299. The van der Waals surface area contributed by atoms with Crippen LogP contribution in [0.1, 0.15) is 11.3 Å². The molecule has 0 saturated carbocycles. The Labute approximate surface area is 116 Å². The zero-order valence-corrected chi connectivity index (χ0v) is 11.2. The van der Waals surface area contributed by atoms with Gasteiger partial charge in [0.05, 0.1) is 10.7 Å². The van der Waals surface area contributed by atoms with E-state index in [0.29, 0.717) is 12.4 Å². The summed E-state index contributed by atoms with van der Waals surface area (Å²) in [7, 11) is 1.88. The van der Waals surface area contributed by atoms with Gasteiger partial charge in [0.15, 0.2) is 0 Å². The van der Waals surface area contributed by atoms with Crippen LogP contribution in [0.5, 0.6) is 5.75 Å². The van der Waals surface area contributed by atoms with Gasteiger partial charge in [-0.2, -0.15) is 0 Å². The number of nitrogens with zero attached hydrogens (tertiary/aromatic N) is 1. The van der Waals surface area contributed by atoms with Crippen molar-refractivity contribution in [2.45, 2.75) is 13.2 Å². The van der Waals surface area contributed by atoms with Crippen molar-refractivity contribution in [2.75, 3.05) is 7.05 Å². The first kappa shape index (κ1) is 13.8. The van der Waals surface area contributed by atoms with Crippen LogP contribution in [0.25, 0.3) is 0 Å². The molecule has 0 atom stereocenters. The van der Waals surface area contributed by atoms with Gasteiger partial charge in [-0.1, -0.05) is 17.7 Å². The molecule has 0 amide bonds. The summed E-state index contributed by atoms with van der Waals surface area (Å²) in [5.41, 5.74) is 1.89. The first-order valence-electron chi connectivity index (χ1n) is 5.85. The third kappa shape index (κ3) is 3.91. The molecule has 0 unspecified atom stereocenters. The minimum Gasteiger partial charge on any atom is -0.487 e. The lowest BCUT2D eigenvalue weighted by atomic mass is 10.2. The number of rotatable bonds is 5. The van der Waals surface area contributed by atoms with E-state index in [2.05, 4.69) is 10.3 Å². The van der Waals surface area contributed by atoms with Crippen LogP contribution in [-0.2, 0) is 13.2 Å². The number of halogens is 2. The van der Waals surface area contributed by atoms with Crippen LogP contribution in [0, 0.1) is 5.82 Å². The number of hydrogen-bond acceptors (Lipinski definition) is 3. The minimum absolute atomic E-state index is 0.0851. The van der Waals surface area contributed by atoms with Crippen LogP contribution in [-0.4, -0.2) is 12.0 Å². The highest BCUT2D eigenvalue weighted by molar-refractivity contribution is 6.30. The molecule has 19 heavy (non-hydrogen) atoms. The first-order valence-corrected chi connectivity index (χ1v) is 6.23. The maximum absolute atomic E-state index is 13.2. The normalized spacial score (nSPS) is 10.5. The van der Waals surface area contributed by atoms with Gasteiger partial charge in [0.25, 0.3) is 0 Å². The van der Waals surface area contributed by atoms with E-state index in [9.17, 15) is 4.39 Å². The molecule has 5 heteroatoms. The molecule has 0 saturated heterocycles. The monoisotopic (exact) mass is 280 g/mol. The molecule has 0 aliphatic rings. The van der Waals surface area contributed by atoms with Gasteiger partial charge < -0.3 is 10.1 Å². The topological polar surface area (TPSA) is 34.1 Å². The fraction of sp³-hybridized carbons (Fsp3) is 0.214. The standard InChI is InChI=1S/C14H14ClFN2O/c1-17-7-10-2-3-11(18-8-10)9-19-12-4-5-13(15)14(16)6-12/h2-6,8,17H,7,9H2,1H3. The van der Waals surface area contributed by atoms with E-state index in [4.69, 9.17) is 16.3 Å². The Morgan fingerprint density at radius 2 is 2.16 bits per heavy atom. The van der Waals surface area contributed by atoms with Gasteiger partial charge >= 0.3 is 0 Å². The highest BCUT2D eigenvalue weighted by Crippen LogP contribution is 2.20. The zero-order valence-electron chi connectivity index (χ0n) is 10.5. The van der Waals surface area contributed by atoms with Crippen LogP contribution in [0.3, 0.4) is 0 Å². The quantitative estimate of drug-likeness (QED) is 0.913. The highest BCUT2D eigenvalue weighted by Gasteiger charge is 2.03. The molecular weight excluding hydrogens is 267 g/mol. The Balaban J connectivity index is 1.96. The van der Waals surface area contributed by atoms with Crippen molar-refractivity contribution in [1.29, 1.82) is 0 Å². The third-order valence-electron chi connectivity index (χ3n) is 2.54. The SMILES string of the molecule is CNCc1ccc(COc2ccc(Cl)c(F)c2)nc1. The van der Waals surface area contributed by atoms with Gasteiger partial charge in [-0.15, -0.1) is 0 Å². The largest absolute Gasteiger partial charge is 0.487 e. The Morgan fingerprint density at radius 1 is 1.32 bits per heavy atom. The van der Waals surface area contributed by atoms with Crippen LogP contribution in [0.15, 0.2) is 36.5 Å². The average molecular weight is 281 g/mol. The molecule has 0 bridgehead atoms. The van der Waals surface area contributed by atoms with Crippen molar-refractivity contribution in [3.63, 3.8) is 0 Å². The summed E-state index contributed by atoms with van der Waals surface area (Å²) in [4.78, 5) is 4.27. The molecule has 0 radical (unpaired) electrons. The molecule has 0 fully saturated rings. The summed E-state index contributed by atoms with van der Waals surface area (Å²) in [6.45, 7) is 1.07. The smallest absolute Gasteiger partial charge is 0.145 e. The van der Waals surface area contributed by atoms with E-state index in [-0.39, 0.29) is 5.02 Å². The summed E-state index contributed by atoms with van der Waals surface area (Å²) in [5.74, 6) is -0.0560. The Kier molecular flexibility index (Phi) is 4.71. The van der Waals surface area contributed by atoms with Gasteiger partial charge in [-0.05, 0) is 30.8 Å². The summed E-state index contributed by atoms with van der Waals surface area (Å²) in [6.07, 6.45) is 1.79. The number of hydrogen-bond donors (Lipinski definition) is 1. The molecule has 2 rings (SSSR count). The third-order valence-corrected chi connectivity index (χ3v) is 2.85. The molecule has 1 heterocycles. The van der Waals surface area contributed by atoms with Crippen LogP contribution >= 0.6 is 11.6 Å². The van der Waals surface area contributed by atoms with E-state index in [0.717, 1.165) is 17.8 Å². The fourth-order valence-corrected chi connectivity index (χ4v) is 1.69. The van der Waals surface area contributed by atoms with E-state index < -0.39 is 5.82 Å². The molecule has 3 nitrogen and oxygen atoms in total. The second kappa shape index (κ2) is 6.50. The summed E-state index contributed by atoms with van der Waals surface area (Å²) in [6, 6.07) is 8.22. The predicted molar refractivity (Wildman–Crippen MR) is 72.7 cm³/mol.